The van der Waals surface area contributed by atoms with Crippen LogP contribution in [0.3, 0.4) is 0 Å². The Morgan fingerprint density at radius 3 is 2.38 bits per heavy atom. The van der Waals surface area contributed by atoms with Gasteiger partial charge in [-0.25, -0.2) is 0 Å². The van der Waals surface area contributed by atoms with Gasteiger partial charge < -0.3 is 14.6 Å². The SMILES string of the molecule is CC(=O)O[C@@H]1/C=C(\C)CC/C=C(/CO)C[C@@H](OC(C)=O)[C@@H]1C(C)C. The summed E-state index contributed by atoms with van der Waals surface area (Å²) in [6, 6.07) is 0. The highest BCUT2D eigenvalue weighted by atomic mass is 16.6. The van der Waals surface area contributed by atoms with Gasteiger partial charge in [0.05, 0.1) is 6.61 Å². The zero-order chi connectivity index (χ0) is 18.3. The zero-order valence-electron chi connectivity index (χ0n) is 15.4. The normalized spacial score (nSPS) is 29.9. The van der Waals surface area contributed by atoms with Crippen molar-refractivity contribution >= 4 is 11.9 Å². The fourth-order valence-electron chi connectivity index (χ4n) is 3.24. The molecule has 1 rings (SSSR count). The summed E-state index contributed by atoms with van der Waals surface area (Å²) in [5.41, 5.74) is 1.96. The van der Waals surface area contributed by atoms with E-state index in [0.717, 1.165) is 24.0 Å². The molecule has 1 N–H and O–H groups in total. The molecule has 0 aliphatic heterocycles. The molecule has 0 saturated carbocycles. The molecule has 0 bridgehead atoms. The fraction of sp³-hybridized carbons (Fsp3) is 0.684. The second-order valence-corrected chi connectivity index (χ2v) is 6.82. The van der Waals surface area contributed by atoms with E-state index < -0.39 is 12.2 Å². The summed E-state index contributed by atoms with van der Waals surface area (Å²) in [6.45, 7) is 8.75. The van der Waals surface area contributed by atoms with Crippen LogP contribution in [0.15, 0.2) is 23.3 Å². The number of carbonyl (C=O) groups excluding carboxylic acids is 2. The molecule has 0 aromatic heterocycles. The van der Waals surface area contributed by atoms with Crippen molar-refractivity contribution in [2.75, 3.05) is 6.61 Å². The molecule has 3 atom stereocenters. The molecule has 1 aliphatic rings. The molecule has 0 heterocycles. The van der Waals surface area contributed by atoms with Crippen LogP contribution >= 0.6 is 0 Å². The van der Waals surface area contributed by atoms with Gasteiger partial charge >= 0.3 is 11.9 Å². The summed E-state index contributed by atoms with van der Waals surface area (Å²) in [4.78, 5) is 23.2. The van der Waals surface area contributed by atoms with Crippen molar-refractivity contribution < 1.29 is 24.2 Å². The largest absolute Gasteiger partial charge is 0.462 e. The standard InChI is InChI=1S/C19H30O5/c1-12(2)19-17(23-14(4)21)9-13(3)7-6-8-16(11-20)10-18(19)24-15(5)22/h8-9,12,17-20H,6-7,10-11H2,1-5H3/b13-9+,16-8+/t17-,18-,19-/m1/s1. The number of ether oxygens (including phenoxy) is 2. The van der Waals surface area contributed by atoms with Crippen molar-refractivity contribution in [3.8, 4) is 0 Å². The summed E-state index contributed by atoms with van der Waals surface area (Å²) >= 11 is 0. The molecular formula is C19H30O5. The van der Waals surface area contributed by atoms with Crippen LogP contribution in [0.5, 0.6) is 0 Å². The van der Waals surface area contributed by atoms with Crippen LogP contribution in [-0.2, 0) is 19.1 Å². The Hall–Kier alpha value is -1.62. The monoisotopic (exact) mass is 338 g/mol. The smallest absolute Gasteiger partial charge is 0.303 e. The number of carbonyl (C=O) groups is 2. The quantitative estimate of drug-likeness (QED) is 0.629. The molecule has 136 valence electrons. The molecule has 0 amide bonds. The maximum Gasteiger partial charge on any atom is 0.303 e. The lowest BCUT2D eigenvalue weighted by molar-refractivity contribution is -0.158. The number of hydrogen-bond donors (Lipinski definition) is 1. The van der Waals surface area contributed by atoms with Gasteiger partial charge in [-0.05, 0) is 37.3 Å². The van der Waals surface area contributed by atoms with E-state index in [-0.39, 0.29) is 30.4 Å². The molecular weight excluding hydrogens is 308 g/mol. The summed E-state index contributed by atoms with van der Waals surface area (Å²) in [5, 5.41) is 9.62. The molecule has 0 radical (unpaired) electrons. The van der Waals surface area contributed by atoms with Gasteiger partial charge in [0.15, 0.2) is 0 Å². The Bertz CT molecular complexity index is 504. The fourth-order valence-corrected chi connectivity index (χ4v) is 3.24. The van der Waals surface area contributed by atoms with E-state index in [4.69, 9.17) is 9.47 Å². The second kappa shape index (κ2) is 9.62. The third-order valence-electron chi connectivity index (χ3n) is 4.28. The number of hydrogen-bond acceptors (Lipinski definition) is 5. The first kappa shape index (κ1) is 20.4. The van der Waals surface area contributed by atoms with Gasteiger partial charge in [-0.15, -0.1) is 0 Å². The van der Waals surface area contributed by atoms with E-state index in [2.05, 4.69) is 0 Å². The minimum absolute atomic E-state index is 0.0659. The number of allylic oxidation sites excluding steroid dienone is 2. The Balaban J connectivity index is 3.30. The minimum atomic E-state index is -0.454. The number of aliphatic hydroxyl groups excluding tert-OH is 1. The molecule has 5 heteroatoms. The predicted octanol–water partition coefficient (Wildman–Crippen LogP) is 3.17. The van der Waals surface area contributed by atoms with Crippen molar-refractivity contribution in [1.29, 1.82) is 0 Å². The van der Waals surface area contributed by atoms with Crippen molar-refractivity contribution in [2.45, 2.75) is 66.1 Å². The highest BCUT2D eigenvalue weighted by Crippen LogP contribution is 2.31. The van der Waals surface area contributed by atoms with E-state index in [9.17, 15) is 14.7 Å². The third-order valence-corrected chi connectivity index (χ3v) is 4.28. The first-order valence-corrected chi connectivity index (χ1v) is 8.55. The number of aliphatic hydroxyl groups is 1. The first-order chi connectivity index (χ1) is 11.2. The van der Waals surface area contributed by atoms with Crippen LogP contribution < -0.4 is 0 Å². The average Bonchev–Trinajstić information content (AvgIpc) is 2.43. The third kappa shape index (κ3) is 6.48. The van der Waals surface area contributed by atoms with Crippen molar-refractivity contribution in [3.63, 3.8) is 0 Å². The summed E-state index contributed by atoms with van der Waals surface area (Å²) in [5.74, 6) is -0.781. The molecule has 0 fully saturated rings. The zero-order valence-corrected chi connectivity index (χ0v) is 15.4. The van der Waals surface area contributed by atoms with Gasteiger partial charge in [-0.2, -0.15) is 0 Å². The van der Waals surface area contributed by atoms with Crippen LogP contribution in [0.2, 0.25) is 0 Å². The average molecular weight is 338 g/mol. The highest BCUT2D eigenvalue weighted by molar-refractivity contribution is 5.67. The molecule has 0 unspecified atom stereocenters. The maximum absolute atomic E-state index is 11.6. The van der Waals surface area contributed by atoms with Crippen LogP contribution in [-0.4, -0.2) is 35.9 Å². The van der Waals surface area contributed by atoms with Gasteiger partial charge in [-0.3, -0.25) is 9.59 Å². The molecule has 1 aliphatic carbocycles. The van der Waals surface area contributed by atoms with E-state index in [0.29, 0.717) is 6.42 Å². The summed E-state index contributed by atoms with van der Waals surface area (Å²) < 4.78 is 11.1. The summed E-state index contributed by atoms with van der Waals surface area (Å²) in [6.07, 6.45) is 5.16. The van der Waals surface area contributed by atoms with Crippen molar-refractivity contribution in [2.24, 2.45) is 11.8 Å². The Kier molecular flexibility index (Phi) is 8.19. The van der Waals surface area contributed by atoms with Crippen molar-refractivity contribution in [1.82, 2.24) is 0 Å². The van der Waals surface area contributed by atoms with Crippen molar-refractivity contribution in [3.05, 3.63) is 23.3 Å². The van der Waals surface area contributed by atoms with Gasteiger partial charge in [-0.1, -0.05) is 25.5 Å². The van der Waals surface area contributed by atoms with Gasteiger partial charge in [0.1, 0.15) is 12.2 Å². The molecule has 0 spiro atoms. The highest BCUT2D eigenvalue weighted by Gasteiger charge is 2.36. The Labute approximate surface area is 144 Å². The van der Waals surface area contributed by atoms with E-state index in [1.807, 2.05) is 32.9 Å². The first-order valence-electron chi connectivity index (χ1n) is 8.55. The van der Waals surface area contributed by atoms with E-state index in [1.165, 1.54) is 13.8 Å². The Morgan fingerprint density at radius 2 is 1.88 bits per heavy atom. The van der Waals surface area contributed by atoms with E-state index in [1.54, 1.807) is 0 Å². The topological polar surface area (TPSA) is 72.8 Å². The lowest BCUT2D eigenvalue weighted by Gasteiger charge is -2.35. The predicted molar refractivity (Wildman–Crippen MR) is 92.2 cm³/mol. The molecule has 5 nitrogen and oxygen atoms in total. The second-order valence-electron chi connectivity index (χ2n) is 6.82. The van der Waals surface area contributed by atoms with Crippen LogP contribution in [0, 0.1) is 11.8 Å². The lowest BCUT2D eigenvalue weighted by Crippen LogP contribution is -2.40. The van der Waals surface area contributed by atoms with Crippen LogP contribution in [0.4, 0.5) is 0 Å². The number of esters is 2. The molecule has 24 heavy (non-hydrogen) atoms. The summed E-state index contributed by atoms with van der Waals surface area (Å²) in [7, 11) is 0. The maximum atomic E-state index is 11.6. The van der Waals surface area contributed by atoms with Crippen LogP contribution in [0.25, 0.3) is 0 Å². The molecule has 0 aromatic rings. The van der Waals surface area contributed by atoms with E-state index >= 15 is 0 Å². The van der Waals surface area contributed by atoms with Gasteiger partial charge in [0.25, 0.3) is 0 Å². The molecule has 0 aromatic carbocycles. The number of rotatable bonds is 4. The minimum Gasteiger partial charge on any atom is -0.462 e. The molecule has 0 saturated heterocycles. The Morgan fingerprint density at radius 1 is 1.25 bits per heavy atom. The lowest BCUT2D eigenvalue weighted by atomic mass is 9.80. The van der Waals surface area contributed by atoms with Gasteiger partial charge in [0.2, 0.25) is 0 Å². The van der Waals surface area contributed by atoms with Gasteiger partial charge in [0, 0.05) is 26.2 Å². The van der Waals surface area contributed by atoms with Crippen LogP contribution in [0.1, 0.15) is 53.9 Å².